The Balaban J connectivity index is 1.66. The second-order valence-electron chi connectivity index (χ2n) is 6.64. The SMILES string of the molecule is CCOC(=O)c1cnc(NC(=O)C2CCCN2C(=O)Cc2ccccc2)n1C. The normalized spacial score (nSPS) is 16.1. The van der Waals surface area contributed by atoms with Crippen molar-refractivity contribution < 1.29 is 19.1 Å². The Labute approximate surface area is 163 Å². The molecule has 1 aromatic carbocycles. The summed E-state index contributed by atoms with van der Waals surface area (Å²) < 4.78 is 6.44. The number of nitrogens with zero attached hydrogens (tertiary/aromatic N) is 3. The number of nitrogens with one attached hydrogen (secondary N) is 1. The summed E-state index contributed by atoms with van der Waals surface area (Å²) >= 11 is 0. The molecule has 28 heavy (non-hydrogen) atoms. The molecule has 8 heteroatoms. The van der Waals surface area contributed by atoms with Crippen LogP contribution in [-0.2, 0) is 27.8 Å². The lowest BCUT2D eigenvalue weighted by Crippen LogP contribution is -2.44. The van der Waals surface area contributed by atoms with Crippen molar-refractivity contribution in [3.63, 3.8) is 0 Å². The summed E-state index contributed by atoms with van der Waals surface area (Å²) in [6.45, 7) is 2.53. The summed E-state index contributed by atoms with van der Waals surface area (Å²) in [4.78, 5) is 43.0. The first-order chi connectivity index (χ1) is 13.5. The molecule has 148 valence electrons. The quantitative estimate of drug-likeness (QED) is 0.766. The van der Waals surface area contributed by atoms with Crippen molar-refractivity contribution in [3.05, 3.63) is 47.8 Å². The predicted octanol–water partition coefficient (Wildman–Crippen LogP) is 1.77. The van der Waals surface area contributed by atoms with Crippen molar-refractivity contribution >= 4 is 23.7 Å². The summed E-state index contributed by atoms with van der Waals surface area (Å²) in [6.07, 6.45) is 3.00. The van der Waals surface area contributed by atoms with E-state index in [0.29, 0.717) is 13.0 Å². The summed E-state index contributed by atoms with van der Waals surface area (Å²) in [6, 6.07) is 8.93. The highest BCUT2D eigenvalue weighted by Gasteiger charge is 2.34. The lowest BCUT2D eigenvalue weighted by molar-refractivity contribution is -0.136. The second kappa shape index (κ2) is 8.69. The van der Waals surface area contributed by atoms with Crippen molar-refractivity contribution in [2.24, 2.45) is 7.05 Å². The first-order valence-electron chi connectivity index (χ1n) is 9.34. The van der Waals surface area contributed by atoms with Gasteiger partial charge in [0.25, 0.3) is 0 Å². The van der Waals surface area contributed by atoms with Gasteiger partial charge in [-0.15, -0.1) is 0 Å². The molecule has 1 N–H and O–H groups in total. The maximum atomic E-state index is 12.8. The largest absolute Gasteiger partial charge is 0.461 e. The number of amides is 2. The van der Waals surface area contributed by atoms with E-state index in [4.69, 9.17) is 4.74 Å². The third-order valence-electron chi connectivity index (χ3n) is 4.78. The Bertz CT molecular complexity index is 862. The molecule has 1 atom stereocenters. The van der Waals surface area contributed by atoms with Crippen molar-refractivity contribution in [3.8, 4) is 0 Å². The molecule has 1 fully saturated rings. The Morgan fingerprint density at radius 2 is 2.00 bits per heavy atom. The van der Waals surface area contributed by atoms with Crippen LogP contribution >= 0.6 is 0 Å². The van der Waals surface area contributed by atoms with E-state index in [-0.39, 0.29) is 36.5 Å². The molecule has 1 saturated heterocycles. The van der Waals surface area contributed by atoms with Gasteiger partial charge in [-0.3, -0.25) is 14.9 Å². The number of likely N-dealkylation sites (tertiary alicyclic amines) is 1. The zero-order valence-corrected chi connectivity index (χ0v) is 16.1. The topological polar surface area (TPSA) is 93.5 Å². The Morgan fingerprint density at radius 3 is 2.71 bits per heavy atom. The van der Waals surface area contributed by atoms with Gasteiger partial charge in [0, 0.05) is 13.6 Å². The summed E-state index contributed by atoms with van der Waals surface area (Å²) in [7, 11) is 1.63. The Morgan fingerprint density at radius 1 is 1.25 bits per heavy atom. The lowest BCUT2D eigenvalue weighted by atomic mass is 10.1. The molecule has 3 rings (SSSR count). The number of esters is 1. The number of hydrogen-bond donors (Lipinski definition) is 1. The van der Waals surface area contributed by atoms with Crippen molar-refractivity contribution in [1.29, 1.82) is 0 Å². The maximum Gasteiger partial charge on any atom is 0.356 e. The van der Waals surface area contributed by atoms with Gasteiger partial charge in [-0.25, -0.2) is 9.78 Å². The molecule has 1 aromatic heterocycles. The van der Waals surface area contributed by atoms with Crippen LogP contribution in [0.3, 0.4) is 0 Å². The van der Waals surface area contributed by atoms with Gasteiger partial charge in [0.2, 0.25) is 17.8 Å². The van der Waals surface area contributed by atoms with Gasteiger partial charge < -0.3 is 14.2 Å². The fourth-order valence-corrected chi connectivity index (χ4v) is 3.32. The van der Waals surface area contributed by atoms with E-state index in [2.05, 4.69) is 10.3 Å². The van der Waals surface area contributed by atoms with Crippen LogP contribution in [0.1, 0.15) is 35.8 Å². The van der Waals surface area contributed by atoms with Gasteiger partial charge in [0.15, 0.2) is 0 Å². The Hall–Kier alpha value is -3.16. The molecule has 8 nitrogen and oxygen atoms in total. The van der Waals surface area contributed by atoms with Crippen LogP contribution in [0.15, 0.2) is 36.5 Å². The van der Waals surface area contributed by atoms with Crippen LogP contribution in [0.2, 0.25) is 0 Å². The maximum absolute atomic E-state index is 12.8. The van der Waals surface area contributed by atoms with E-state index in [0.717, 1.165) is 12.0 Å². The van der Waals surface area contributed by atoms with Crippen LogP contribution in [0.5, 0.6) is 0 Å². The van der Waals surface area contributed by atoms with Gasteiger partial charge in [0.1, 0.15) is 11.7 Å². The highest BCUT2D eigenvalue weighted by Crippen LogP contribution is 2.21. The van der Waals surface area contributed by atoms with Crippen LogP contribution in [0.4, 0.5) is 5.95 Å². The number of benzene rings is 1. The van der Waals surface area contributed by atoms with Gasteiger partial charge in [-0.1, -0.05) is 30.3 Å². The van der Waals surface area contributed by atoms with Gasteiger partial charge in [0.05, 0.1) is 19.2 Å². The zero-order chi connectivity index (χ0) is 20.1. The van der Waals surface area contributed by atoms with Gasteiger partial charge in [-0.05, 0) is 25.3 Å². The third kappa shape index (κ3) is 4.21. The lowest BCUT2D eigenvalue weighted by Gasteiger charge is -2.24. The van der Waals surface area contributed by atoms with Crippen molar-refractivity contribution in [1.82, 2.24) is 14.5 Å². The fourth-order valence-electron chi connectivity index (χ4n) is 3.32. The molecule has 0 aliphatic carbocycles. The minimum absolute atomic E-state index is 0.0732. The fraction of sp³-hybridized carbons (Fsp3) is 0.400. The first-order valence-corrected chi connectivity index (χ1v) is 9.34. The van der Waals surface area contributed by atoms with E-state index < -0.39 is 12.0 Å². The predicted molar refractivity (Wildman–Crippen MR) is 103 cm³/mol. The number of imidazole rings is 1. The second-order valence-corrected chi connectivity index (χ2v) is 6.64. The average Bonchev–Trinajstić information content (AvgIpc) is 3.30. The van der Waals surface area contributed by atoms with Gasteiger partial charge in [-0.2, -0.15) is 0 Å². The molecule has 1 aliphatic heterocycles. The van der Waals surface area contributed by atoms with Crippen molar-refractivity contribution in [2.75, 3.05) is 18.5 Å². The molecule has 0 saturated carbocycles. The minimum atomic E-state index is -0.543. The smallest absolute Gasteiger partial charge is 0.356 e. The van der Waals surface area contributed by atoms with Crippen LogP contribution in [0.25, 0.3) is 0 Å². The molecule has 1 aliphatic rings. The molecule has 2 amide bonds. The molecule has 0 radical (unpaired) electrons. The number of ether oxygens (including phenoxy) is 1. The first kappa shape index (κ1) is 19.6. The van der Waals surface area contributed by atoms with Crippen LogP contribution in [-0.4, -0.2) is 51.4 Å². The number of rotatable bonds is 6. The standard InChI is InChI=1S/C20H24N4O4/c1-3-28-19(27)16-13-21-20(23(16)2)22-18(26)15-10-7-11-24(15)17(25)12-14-8-5-4-6-9-14/h4-6,8-9,13,15H,3,7,10-12H2,1-2H3,(H,21,22,26). The average molecular weight is 384 g/mol. The number of aromatic nitrogens is 2. The van der Waals surface area contributed by atoms with Gasteiger partial charge >= 0.3 is 5.97 Å². The highest BCUT2D eigenvalue weighted by atomic mass is 16.5. The number of hydrogen-bond acceptors (Lipinski definition) is 5. The molecule has 1 unspecified atom stereocenters. The number of carbonyl (C=O) groups excluding carboxylic acids is 3. The molecular weight excluding hydrogens is 360 g/mol. The zero-order valence-electron chi connectivity index (χ0n) is 16.1. The number of anilines is 1. The van der Waals surface area contributed by atoms with E-state index in [1.165, 1.54) is 10.8 Å². The summed E-state index contributed by atoms with van der Waals surface area (Å²) in [5, 5.41) is 2.73. The highest BCUT2D eigenvalue weighted by molar-refractivity contribution is 5.97. The minimum Gasteiger partial charge on any atom is -0.461 e. The van der Waals surface area contributed by atoms with E-state index in [1.807, 2.05) is 30.3 Å². The monoisotopic (exact) mass is 384 g/mol. The van der Waals surface area contributed by atoms with Crippen LogP contribution in [0, 0.1) is 0 Å². The molecular formula is C20H24N4O4. The molecule has 2 heterocycles. The summed E-state index contributed by atoms with van der Waals surface area (Å²) in [5.41, 5.74) is 1.17. The molecule has 0 bridgehead atoms. The third-order valence-corrected chi connectivity index (χ3v) is 4.78. The molecule has 0 spiro atoms. The number of carbonyl (C=O) groups is 3. The Kier molecular flexibility index (Phi) is 6.08. The van der Waals surface area contributed by atoms with E-state index >= 15 is 0 Å². The van der Waals surface area contributed by atoms with E-state index in [9.17, 15) is 14.4 Å². The summed E-state index contributed by atoms with van der Waals surface area (Å²) in [5.74, 6) is -0.632. The van der Waals surface area contributed by atoms with Crippen molar-refractivity contribution in [2.45, 2.75) is 32.2 Å². The molecule has 2 aromatic rings. The van der Waals surface area contributed by atoms with E-state index in [1.54, 1.807) is 18.9 Å². The van der Waals surface area contributed by atoms with Crippen LogP contribution < -0.4 is 5.32 Å².